The molecule has 0 saturated carbocycles. The number of aliphatic imine (C=N–C) groups is 1. The quantitative estimate of drug-likeness (QED) is 0.418. The molecule has 2 N–H and O–H groups in total. The molecule has 0 amide bonds. The van der Waals surface area contributed by atoms with Crippen molar-refractivity contribution < 1.29 is 4.74 Å². The third-order valence-electron chi connectivity index (χ3n) is 2.04. The zero-order valence-corrected chi connectivity index (χ0v) is 7.08. The number of nitrogens with zero attached hydrogens (tertiary/aromatic N) is 2. The highest BCUT2D eigenvalue weighted by Crippen LogP contribution is 2.09. The smallest absolute Gasteiger partial charge is 0.191 e. The molecule has 1 heterocycles. The van der Waals surface area contributed by atoms with E-state index >= 15 is 0 Å². The van der Waals surface area contributed by atoms with Crippen LogP contribution in [0.1, 0.15) is 6.42 Å². The van der Waals surface area contributed by atoms with E-state index in [4.69, 9.17) is 10.5 Å². The van der Waals surface area contributed by atoms with Gasteiger partial charge in [0.15, 0.2) is 5.96 Å². The van der Waals surface area contributed by atoms with Crippen molar-refractivity contribution in [1.29, 1.82) is 0 Å². The van der Waals surface area contributed by atoms with Crippen LogP contribution in [0, 0.1) is 0 Å². The molecule has 1 atom stereocenters. The normalized spacial score (nSPS) is 25.6. The van der Waals surface area contributed by atoms with Gasteiger partial charge in [0, 0.05) is 20.7 Å². The van der Waals surface area contributed by atoms with Crippen LogP contribution in [0.15, 0.2) is 4.99 Å². The standard InChI is InChI=1S/C7H15N3O/c1-9-7(8)10(2)6-3-4-11-5-6/h6H,3-5H2,1-2H3,(H2,8,9). The van der Waals surface area contributed by atoms with Gasteiger partial charge < -0.3 is 15.4 Å². The van der Waals surface area contributed by atoms with Crippen molar-refractivity contribution in [1.82, 2.24) is 4.90 Å². The Bertz CT molecular complexity index is 152. The van der Waals surface area contributed by atoms with E-state index in [1.807, 2.05) is 11.9 Å². The molecule has 11 heavy (non-hydrogen) atoms. The van der Waals surface area contributed by atoms with Gasteiger partial charge in [-0.3, -0.25) is 4.99 Å². The molecule has 1 aliphatic rings. The molecular formula is C7H15N3O. The van der Waals surface area contributed by atoms with Gasteiger partial charge in [-0.05, 0) is 6.42 Å². The number of likely N-dealkylation sites (N-methyl/N-ethyl adjacent to an activating group) is 1. The Labute approximate surface area is 67.0 Å². The van der Waals surface area contributed by atoms with Crippen molar-refractivity contribution in [2.24, 2.45) is 10.7 Å². The Kier molecular flexibility index (Phi) is 2.70. The predicted molar refractivity (Wildman–Crippen MR) is 44.5 cm³/mol. The van der Waals surface area contributed by atoms with Crippen LogP contribution in [0.5, 0.6) is 0 Å². The molecule has 1 saturated heterocycles. The van der Waals surface area contributed by atoms with Gasteiger partial charge in [0.2, 0.25) is 0 Å². The number of hydrogen-bond acceptors (Lipinski definition) is 2. The fourth-order valence-electron chi connectivity index (χ4n) is 1.17. The molecule has 0 aromatic rings. The largest absolute Gasteiger partial charge is 0.379 e. The van der Waals surface area contributed by atoms with Gasteiger partial charge in [-0.2, -0.15) is 0 Å². The van der Waals surface area contributed by atoms with Crippen LogP contribution in [0.2, 0.25) is 0 Å². The van der Waals surface area contributed by atoms with E-state index < -0.39 is 0 Å². The lowest BCUT2D eigenvalue weighted by molar-refractivity contribution is 0.179. The first-order chi connectivity index (χ1) is 5.25. The molecule has 64 valence electrons. The fraction of sp³-hybridized carbons (Fsp3) is 0.857. The van der Waals surface area contributed by atoms with E-state index in [1.165, 1.54) is 0 Å². The van der Waals surface area contributed by atoms with E-state index in [2.05, 4.69) is 4.99 Å². The average molecular weight is 157 g/mol. The molecule has 0 bridgehead atoms. The second-order valence-corrected chi connectivity index (χ2v) is 2.71. The Morgan fingerprint density at radius 2 is 2.45 bits per heavy atom. The summed E-state index contributed by atoms with van der Waals surface area (Å²) < 4.78 is 5.22. The van der Waals surface area contributed by atoms with Crippen molar-refractivity contribution in [2.75, 3.05) is 27.3 Å². The molecule has 1 aliphatic heterocycles. The molecule has 0 spiro atoms. The zero-order chi connectivity index (χ0) is 8.27. The summed E-state index contributed by atoms with van der Waals surface area (Å²) in [5.41, 5.74) is 5.62. The van der Waals surface area contributed by atoms with E-state index in [9.17, 15) is 0 Å². The van der Waals surface area contributed by atoms with Crippen LogP contribution < -0.4 is 5.73 Å². The highest BCUT2D eigenvalue weighted by molar-refractivity contribution is 5.77. The van der Waals surface area contributed by atoms with Gasteiger partial charge in [-0.1, -0.05) is 0 Å². The maximum atomic E-state index is 5.62. The van der Waals surface area contributed by atoms with Crippen molar-refractivity contribution in [3.8, 4) is 0 Å². The predicted octanol–water partition coefficient (Wildman–Crippen LogP) is -0.348. The molecule has 0 radical (unpaired) electrons. The summed E-state index contributed by atoms with van der Waals surface area (Å²) >= 11 is 0. The first kappa shape index (κ1) is 8.33. The number of ether oxygens (including phenoxy) is 1. The van der Waals surface area contributed by atoms with Crippen LogP contribution in [0.3, 0.4) is 0 Å². The number of hydrogen-bond donors (Lipinski definition) is 1. The summed E-state index contributed by atoms with van der Waals surface area (Å²) in [7, 11) is 3.64. The monoisotopic (exact) mass is 157 g/mol. The van der Waals surface area contributed by atoms with E-state index in [0.29, 0.717) is 12.0 Å². The zero-order valence-electron chi connectivity index (χ0n) is 7.08. The minimum atomic E-state index is 0.415. The van der Waals surface area contributed by atoms with E-state index in [1.54, 1.807) is 7.05 Å². The first-order valence-electron chi connectivity index (χ1n) is 3.78. The highest BCUT2D eigenvalue weighted by Gasteiger charge is 2.20. The van der Waals surface area contributed by atoms with Crippen molar-refractivity contribution in [3.05, 3.63) is 0 Å². The average Bonchev–Trinajstić information content (AvgIpc) is 2.53. The van der Waals surface area contributed by atoms with Crippen LogP contribution >= 0.6 is 0 Å². The van der Waals surface area contributed by atoms with E-state index in [-0.39, 0.29) is 0 Å². The lowest BCUT2D eigenvalue weighted by Gasteiger charge is -2.23. The van der Waals surface area contributed by atoms with Gasteiger partial charge in [0.1, 0.15) is 0 Å². The summed E-state index contributed by atoms with van der Waals surface area (Å²) in [4.78, 5) is 5.86. The second kappa shape index (κ2) is 3.57. The highest BCUT2D eigenvalue weighted by atomic mass is 16.5. The molecular weight excluding hydrogens is 142 g/mol. The van der Waals surface area contributed by atoms with Crippen molar-refractivity contribution in [3.63, 3.8) is 0 Å². The Hall–Kier alpha value is -0.770. The minimum Gasteiger partial charge on any atom is -0.379 e. The molecule has 0 aromatic heterocycles. The molecule has 1 rings (SSSR count). The van der Waals surface area contributed by atoms with Gasteiger partial charge in [-0.15, -0.1) is 0 Å². The number of nitrogens with two attached hydrogens (primary N) is 1. The van der Waals surface area contributed by atoms with Crippen LogP contribution in [-0.2, 0) is 4.74 Å². The van der Waals surface area contributed by atoms with Gasteiger partial charge in [0.25, 0.3) is 0 Å². The van der Waals surface area contributed by atoms with Crippen LogP contribution in [-0.4, -0.2) is 44.2 Å². The van der Waals surface area contributed by atoms with Gasteiger partial charge in [0.05, 0.1) is 12.6 Å². The topological polar surface area (TPSA) is 50.8 Å². The SMILES string of the molecule is CN=C(N)N(C)C1CCOC1. The lowest BCUT2D eigenvalue weighted by Crippen LogP contribution is -2.41. The molecule has 4 heteroatoms. The molecule has 4 nitrogen and oxygen atoms in total. The third kappa shape index (κ3) is 1.83. The summed E-state index contributed by atoms with van der Waals surface area (Å²) in [6.07, 6.45) is 1.05. The Morgan fingerprint density at radius 3 is 2.91 bits per heavy atom. The Balaban J connectivity index is 2.45. The van der Waals surface area contributed by atoms with Crippen LogP contribution in [0.4, 0.5) is 0 Å². The second-order valence-electron chi connectivity index (χ2n) is 2.71. The van der Waals surface area contributed by atoms with Crippen LogP contribution in [0.25, 0.3) is 0 Å². The first-order valence-corrected chi connectivity index (χ1v) is 3.78. The number of guanidine groups is 1. The third-order valence-corrected chi connectivity index (χ3v) is 2.04. The van der Waals surface area contributed by atoms with E-state index in [0.717, 1.165) is 19.6 Å². The fourth-order valence-corrected chi connectivity index (χ4v) is 1.17. The van der Waals surface area contributed by atoms with Crippen molar-refractivity contribution in [2.45, 2.75) is 12.5 Å². The summed E-state index contributed by atoms with van der Waals surface area (Å²) in [6.45, 7) is 1.61. The maximum absolute atomic E-state index is 5.62. The van der Waals surface area contributed by atoms with Gasteiger partial charge in [-0.25, -0.2) is 0 Å². The summed E-state index contributed by atoms with van der Waals surface area (Å²) in [6, 6.07) is 0.415. The molecule has 0 aromatic carbocycles. The Morgan fingerprint density at radius 1 is 1.73 bits per heavy atom. The van der Waals surface area contributed by atoms with Crippen molar-refractivity contribution >= 4 is 5.96 Å². The number of rotatable bonds is 1. The lowest BCUT2D eigenvalue weighted by atomic mass is 10.2. The summed E-state index contributed by atoms with van der Waals surface area (Å²) in [5, 5.41) is 0. The molecule has 1 fully saturated rings. The molecule has 0 aliphatic carbocycles. The molecule has 1 unspecified atom stereocenters. The summed E-state index contributed by atoms with van der Waals surface area (Å²) in [5.74, 6) is 0.584. The maximum Gasteiger partial charge on any atom is 0.191 e. The minimum absolute atomic E-state index is 0.415. The van der Waals surface area contributed by atoms with Gasteiger partial charge >= 0.3 is 0 Å².